The number of carbonyl (C=O) groups excluding carboxylic acids is 1. The zero-order valence-corrected chi connectivity index (χ0v) is 21.2. The number of anilines is 1. The molecule has 2 saturated heterocycles. The maximum absolute atomic E-state index is 13.1. The third-order valence-corrected chi connectivity index (χ3v) is 8.89. The minimum atomic E-state index is -4.24. The molecule has 170 valence electrons. The van der Waals surface area contributed by atoms with Crippen molar-refractivity contribution < 1.29 is 22.7 Å². The fraction of sp³-hybridized carbons (Fsp3) is 0.600. The predicted octanol–water partition coefficient (Wildman–Crippen LogP) is 4.13. The number of nitrogens with zero attached hydrogens (tertiary/aromatic N) is 3. The molecule has 2 aromatic rings. The summed E-state index contributed by atoms with van der Waals surface area (Å²) in [6, 6.07) is 5.38. The summed E-state index contributed by atoms with van der Waals surface area (Å²) in [7, 11) is 0. The van der Waals surface area contributed by atoms with Gasteiger partial charge in [-0.15, -0.1) is 0 Å². The molecule has 0 radical (unpaired) electrons. The molecular formula is C20H24F3IN4O2Se. The summed E-state index contributed by atoms with van der Waals surface area (Å²) in [4.78, 5) is 14.7. The van der Waals surface area contributed by atoms with E-state index >= 15 is 0 Å². The molecule has 1 N–H and O–H groups in total. The Morgan fingerprint density at radius 2 is 1.94 bits per heavy atom. The van der Waals surface area contributed by atoms with Crippen LogP contribution in [0.1, 0.15) is 46.5 Å². The van der Waals surface area contributed by atoms with Crippen molar-refractivity contribution in [1.29, 1.82) is 0 Å². The summed E-state index contributed by atoms with van der Waals surface area (Å²) in [6.45, 7) is 5.56. The average molecular weight is 615 g/mol. The molecule has 0 aliphatic carbocycles. The SMILES string of the molecule is CC(C)(C)OC(=O)N1[C@H]2CC[C@@H]1[C@H](Nc1cccc3c([Se]C(F)(F)F)c(I)nn13)CC2. The Bertz CT molecular complexity index is 991. The number of hydrogen-bond donors (Lipinski definition) is 1. The van der Waals surface area contributed by atoms with E-state index in [0.29, 0.717) is 15.0 Å². The van der Waals surface area contributed by atoms with E-state index in [-0.39, 0.29) is 28.7 Å². The molecule has 2 aliphatic rings. The molecule has 0 unspecified atom stereocenters. The first-order valence-corrected chi connectivity index (χ1v) is 12.9. The van der Waals surface area contributed by atoms with E-state index in [1.807, 2.05) is 54.3 Å². The van der Waals surface area contributed by atoms with Crippen molar-refractivity contribution in [2.75, 3.05) is 5.32 Å². The van der Waals surface area contributed by atoms with Crippen molar-refractivity contribution >= 4 is 59.4 Å². The molecule has 4 rings (SSSR count). The number of rotatable bonds is 3. The Morgan fingerprint density at radius 1 is 1.23 bits per heavy atom. The summed E-state index contributed by atoms with van der Waals surface area (Å²) in [5.41, 5.74) is -0.0963. The van der Waals surface area contributed by atoms with Crippen LogP contribution < -0.4 is 9.78 Å². The molecule has 6 nitrogen and oxygen atoms in total. The molecule has 2 aromatic heterocycles. The van der Waals surface area contributed by atoms with Gasteiger partial charge in [-0.1, -0.05) is 0 Å². The quantitative estimate of drug-likeness (QED) is 0.417. The Balaban J connectivity index is 1.59. The number of fused-ring (bicyclic) bond motifs is 3. The Labute approximate surface area is 198 Å². The van der Waals surface area contributed by atoms with Gasteiger partial charge in [-0.05, 0) is 0 Å². The van der Waals surface area contributed by atoms with Crippen LogP contribution in [0.3, 0.4) is 0 Å². The zero-order chi connectivity index (χ0) is 22.6. The summed E-state index contributed by atoms with van der Waals surface area (Å²) >= 11 is 0.204. The summed E-state index contributed by atoms with van der Waals surface area (Å²) < 4.78 is 47.0. The maximum atomic E-state index is 13.1. The molecule has 31 heavy (non-hydrogen) atoms. The van der Waals surface area contributed by atoms with Crippen molar-refractivity contribution in [3.05, 3.63) is 21.9 Å². The van der Waals surface area contributed by atoms with E-state index in [0.717, 1.165) is 25.7 Å². The van der Waals surface area contributed by atoms with Gasteiger partial charge < -0.3 is 0 Å². The second kappa shape index (κ2) is 8.29. The minimum absolute atomic E-state index is 0.0163. The van der Waals surface area contributed by atoms with E-state index in [1.165, 1.54) is 0 Å². The van der Waals surface area contributed by atoms with Crippen molar-refractivity contribution in [2.24, 2.45) is 0 Å². The van der Waals surface area contributed by atoms with Gasteiger partial charge >= 0.3 is 199 Å². The summed E-state index contributed by atoms with van der Waals surface area (Å²) in [5.74, 6) is 0.638. The van der Waals surface area contributed by atoms with Gasteiger partial charge in [-0.2, -0.15) is 0 Å². The van der Waals surface area contributed by atoms with Gasteiger partial charge in [0.05, 0.1) is 0 Å². The number of ether oxygens (including phenoxy) is 1. The number of piperidine rings is 1. The first-order chi connectivity index (χ1) is 14.4. The molecule has 0 aromatic carbocycles. The molecule has 0 spiro atoms. The topological polar surface area (TPSA) is 58.9 Å². The van der Waals surface area contributed by atoms with E-state index in [1.54, 1.807) is 16.6 Å². The number of halogens is 4. The van der Waals surface area contributed by atoms with Crippen LogP contribution in [0.15, 0.2) is 18.2 Å². The number of pyridine rings is 1. The van der Waals surface area contributed by atoms with Gasteiger partial charge in [-0.25, -0.2) is 0 Å². The van der Waals surface area contributed by atoms with Crippen LogP contribution in [0, 0.1) is 3.70 Å². The Morgan fingerprint density at radius 3 is 2.61 bits per heavy atom. The molecule has 2 aliphatic heterocycles. The second-order valence-electron chi connectivity index (χ2n) is 8.89. The van der Waals surface area contributed by atoms with Crippen molar-refractivity contribution in [3.63, 3.8) is 0 Å². The number of hydrogen-bond acceptors (Lipinski definition) is 4. The summed E-state index contributed by atoms with van der Waals surface area (Å²) in [5, 5.41) is 3.61. The van der Waals surface area contributed by atoms with Crippen LogP contribution in [0.2, 0.25) is 0 Å². The third-order valence-electron chi connectivity index (χ3n) is 5.55. The van der Waals surface area contributed by atoms with Gasteiger partial charge in [0.25, 0.3) is 0 Å². The molecule has 11 heteroatoms. The first-order valence-electron chi connectivity index (χ1n) is 10.1. The van der Waals surface area contributed by atoms with Crippen LogP contribution in [-0.4, -0.2) is 64.4 Å². The molecule has 2 fully saturated rings. The molecular weight excluding hydrogens is 591 g/mol. The standard InChI is InChI=1S/C20H24F3IN4O2Se/c1-19(2,3)30-18(29)27-11-7-9-12(13(27)10-8-11)25-15-6-4-5-14-16(31-20(21,22)23)17(24)26-28(14)15/h4-6,11-13,25H,7-10H2,1-3H3/t11-,12-,13-/m1/s1. The van der Waals surface area contributed by atoms with Gasteiger partial charge in [0, 0.05) is 0 Å². The van der Waals surface area contributed by atoms with E-state index in [9.17, 15) is 18.0 Å². The van der Waals surface area contributed by atoms with Crippen molar-refractivity contribution in [2.45, 2.75) is 75.3 Å². The number of nitrogens with one attached hydrogen (secondary N) is 1. The van der Waals surface area contributed by atoms with Gasteiger partial charge in [-0.3, -0.25) is 0 Å². The van der Waals surface area contributed by atoms with Crippen LogP contribution in [-0.2, 0) is 4.74 Å². The van der Waals surface area contributed by atoms with Crippen molar-refractivity contribution in [1.82, 2.24) is 14.5 Å². The fourth-order valence-electron chi connectivity index (χ4n) is 4.45. The fourth-order valence-corrected chi connectivity index (χ4v) is 6.81. The Kier molecular flexibility index (Phi) is 6.15. The number of carbonyl (C=O) groups is 1. The van der Waals surface area contributed by atoms with Crippen LogP contribution in [0.4, 0.5) is 23.8 Å². The van der Waals surface area contributed by atoms with Crippen LogP contribution in [0.5, 0.6) is 0 Å². The molecule has 0 saturated carbocycles. The van der Waals surface area contributed by atoms with Gasteiger partial charge in [0.15, 0.2) is 0 Å². The second-order valence-corrected chi connectivity index (χ2v) is 12.2. The summed E-state index contributed by atoms with van der Waals surface area (Å²) in [6.07, 6.45) is 3.25. The normalized spacial score (nSPS) is 24.0. The van der Waals surface area contributed by atoms with E-state index in [4.69, 9.17) is 4.74 Å². The Hall–Kier alpha value is -1.20. The molecule has 4 heterocycles. The van der Waals surface area contributed by atoms with E-state index < -0.39 is 25.6 Å². The van der Waals surface area contributed by atoms with Crippen LogP contribution in [0.25, 0.3) is 5.52 Å². The molecule has 3 atom stereocenters. The van der Waals surface area contributed by atoms with E-state index in [2.05, 4.69) is 10.4 Å². The number of alkyl halides is 3. The van der Waals surface area contributed by atoms with Crippen LogP contribution >= 0.6 is 22.6 Å². The number of aromatic nitrogens is 2. The van der Waals surface area contributed by atoms with Gasteiger partial charge in [0.2, 0.25) is 0 Å². The monoisotopic (exact) mass is 616 g/mol. The molecule has 1 amide bonds. The molecule has 2 bridgehead atoms. The number of amides is 1. The zero-order valence-electron chi connectivity index (χ0n) is 17.4. The predicted molar refractivity (Wildman–Crippen MR) is 121 cm³/mol. The average Bonchev–Trinajstić information content (AvgIpc) is 3.12. The van der Waals surface area contributed by atoms with Gasteiger partial charge in [0.1, 0.15) is 0 Å². The van der Waals surface area contributed by atoms with Crippen molar-refractivity contribution in [3.8, 4) is 0 Å². The first kappa shape index (κ1) is 23.0. The third kappa shape index (κ3) is 4.93.